The molecule has 0 saturated carbocycles. The summed E-state index contributed by atoms with van der Waals surface area (Å²) < 4.78 is 0. The van der Waals surface area contributed by atoms with E-state index in [0.717, 1.165) is 18.9 Å². The van der Waals surface area contributed by atoms with Crippen molar-refractivity contribution in [1.82, 2.24) is 0 Å². The van der Waals surface area contributed by atoms with Gasteiger partial charge in [0.15, 0.2) is 8.32 Å². The second-order valence-electron chi connectivity index (χ2n) is 4.21. The zero-order valence-electron chi connectivity index (χ0n) is 9.22. The smallest absolute Gasteiger partial charge is 0.193 e. The maximum absolute atomic E-state index is 10.5. The molecule has 0 radical (unpaired) electrons. The minimum Gasteiger partial charge on any atom is -0.431 e. The van der Waals surface area contributed by atoms with Gasteiger partial charge in [0.1, 0.15) is 0 Å². The zero-order valence-corrected chi connectivity index (χ0v) is 10.2. The lowest BCUT2D eigenvalue weighted by Crippen LogP contribution is -2.41. The molecule has 0 spiro atoms. The van der Waals surface area contributed by atoms with E-state index < -0.39 is 8.32 Å². The zero-order chi connectivity index (χ0) is 9.78. The fraction of sp³-hybridized carbons (Fsp3) is 1.00. The van der Waals surface area contributed by atoms with Crippen molar-refractivity contribution in [3.8, 4) is 0 Å². The SMILES string of the molecule is CCC[Si](O)(C(C)C)C(C)CC. The molecule has 0 aliphatic heterocycles. The molecule has 0 aromatic rings. The van der Waals surface area contributed by atoms with Gasteiger partial charge in [-0.2, -0.15) is 0 Å². The van der Waals surface area contributed by atoms with Crippen molar-refractivity contribution >= 4 is 8.32 Å². The van der Waals surface area contributed by atoms with Gasteiger partial charge in [-0.05, 0) is 17.1 Å². The molecule has 0 aromatic heterocycles. The van der Waals surface area contributed by atoms with Gasteiger partial charge in [-0.25, -0.2) is 0 Å². The molecule has 0 fully saturated rings. The molecule has 74 valence electrons. The molecule has 1 nitrogen and oxygen atoms in total. The predicted octanol–water partition coefficient (Wildman–Crippen LogP) is 3.54. The van der Waals surface area contributed by atoms with Crippen LogP contribution in [0.2, 0.25) is 17.1 Å². The monoisotopic (exact) mass is 188 g/mol. The van der Waals surface area contributed by atoms with Crippen molar-refractivity contribution in [2.45, 2.75) is 64.6 Å². The highest BCUT2D eigenvalue weighted by Gasteiger charge is 2.38. The first-order valence-corrected chi connectivity index (χ1v) is 7.52. The van der Waals surface area contributed by atoms with E-state index in [1.54, 1.807) is 0 Å². The van der Waals surface area contributed by atoms with Crippen molar-refractivity contribution in [2.75, 3.05) is 0 Å². The Labute approximate surface area is 78.3 Å². The Bertz CT molecular complexity index is 125. The Morgan fingerprint density at radius 1 is 1.17 bits per heavy atom. The molecule has 0 rings (SSSR count). The normalized spacial score (nSPS) is 19.2. The van der Waals surface area contributed by atoms with Gasteiger partial charge in [0.25, 0.3) is 0 Å². The molecule has 0 saturated heterocycles. The third kappa shape index (κ3) is 2.59. The van der Waals surface area contributed by atoms with E-state index in [-0.39, 0.29) is 0 Å². The molecule has 2 atom stereocenters. The van der Waals surface area contributed by atoms with E-state index in [1.165, 1.54) is 0 Å². The lowest BCUT2D eigenvalue weighted by molar-refractivity contribution is 0.478. The summed E-state index contributed by atoms with van der Waals surface area (Å²) in [6.07, 6.45) is 2.26. The van der Waals surface area contributed by atoms with Crippen LogP contribution in [-0.2, 0) is 0 Å². The minimum atomic E-state index is -1.93. The van der Waals surface area contributed by atoms with E-state index in [0.29, 0.717) is 11.1 Å². The molecule has 0 bridgehead atoms. The molecular weight excluding hydrogens is 164 g/mol. The van der Waals surface area contributed by atoms with Crippen LogP contribution in [0.25, 0.3) is 0 Å². The summed E-state index contributed by atoms with van der Waals surface area (Å²) in [4.78, 5) is 10.5. The quantitative estimate of drug-likeness (QED) is 0.654. The van der Waals surface area contributed by atoms with Crippen molar-refractivity contribution in [2.24, 2.45) is 0 Å². The molecule has 0 aromatic carbocycles. The third-order valence-electron chi connectivity index (χ3n) is 3.12. The average molecular weight is 188 g/mol. The Balaban J connectivity index is 4.37. The highest BCUT2D eigenvalue weighted by molar-refractivity contribution is 6.75. The Morgan fingerprint density at radius 2 is 1.67 bits per heavy atom. The van der Waals surface area contributed by atoms with Gasteiger partial charge in [-0.15, -0.1) is 0 Å². The second kappa shape index (κ2) is 5.03. The summed E-state index contributed by atoms with van der Waals surface area (Å²) in [7, 11) is -1.93. The van der Waals surface area contributed by atoms with E-state index in [9.17, 15) is 4.80 Å². The van der Waals surface area contributed by atoms with Crippen LogP contribution in [-0.4, -0.2) is 13.1 Å². The number of rotatable bonds is 5. The van der Waals surface area contributed by atoms with Gasteiger partial charge in [-0.1, -0.05) is 47.5 Å². The van der Waals surface area contributed by atoms with E-state index in [1.807, 2.05) is 0 Å². The maximum Gasteiger partial charge on any atom is 0.193 e. The molecular formula is C10H24OSi. The van der Waals surface area contributed by atoms with Crippen LogP contribution in [0.5, 0.6) is 0 Å². The Morgan fingerprint density at radius 3 is 1.92 bits per heavy atom. The van der Waals surface area contributed by atoms with Gasteiger partial charge in [0.05, 0.1) is 0 Å². The highest BCUT2D eigenvalue weighted by atomic mass is 28.4. The largest absolute Gasteiger partial charge is 0.431 e. The summed E-state index contributed by atoms with van der Waals surface area (Å²) >= 11 is 0. The van der Waals surface area contributed by atoms with Crippen LogP contribution in [0.4, 0.5) is 0 Å². The van der Waals surface area contributed by atoms with Gasteiger partial charge >= 0.3 is 0 Å². The minimum absolute atomic E-state index is 0.507. The van der Waals surface area contributed by atoms with E-state index >= 15 is 0 Å². The van der Waals surface area contributed by atoms with Crippen LogP contribution in [0.3, 0.4) is 0 Å². The fourth-order valence-electron chi connectivity index (χ4n) is 1.86. The van der Waals surface area contributed by atoms with Crippen LogP contribution >= 0.6 is 0 Å². The maximum atomic E-state index is 10.5. The number of hydrogen-bond acceptors (Lipinski definition) is 1. The van der Waals surface area contributed by atoms with Crippen molar-refractivity contribution < 1.29 is 4.80 Å². The van der Waals surface area contributed by atoms with Crippen molar-refractivity contribution in [1.29, 1.82) is 0 Å². The lowest BCUT2D eigenvalue weighted by Gasteiger charge is -2.34. The van der Waals surface area contributed by atoms with Gasteiger partial charge in [0, 0.05) is 0 Å². The molecule has 0 aliphatic carbocycles. The molecule has 1 N–H and O–H groups in total. The van der Waals surface area contributed by atoms with Gasteiger partial charge < -0.3 is 4.80 Å². The topological polar surface area (TPSA) is 20.2 Å². The number of hydrogen-bond donors (Lipinski definition) is 1. The highest BCUT2D eigenvalue weighted by Crippen LogP contribution is 2.36. The molecule has 0 amide bonds. The van der Waals surface area contributed by atoms with Crippen molar-refractivity contribution in [3.63, 3.8) is 0 Å². The average Bonchev–Trinajstić information content (AvgIpc) is 2.03. The van der Waals surface area contributed by atoms with Crippen LogP contribution in [0.1, 0.15) is 47.5 Å². The molecule has 0 heterocycles. The summed E-state index contributed by atoms with van der Waals surface area (Å²) in [6.45, 7) is 10.9. The van der Waals surface area contributed by atoms with Crippen molar-refractivity contribution in [3.05, 3.63) is 0 Å². The van der Waals surface area contributed by atoms with E-state index in [2.05, 4.69) is 34.6 Å². The van der Waals surface area contributed by atoms with Crippen LogP contribution in [0.15, 0.2) is 0 Å². The van der Waals surface area contributed by atoms with Crippen LogP contribution < -0.4 is 0 Å². The fourth-order valence-corrected chi connectivity index (χ4v) is 5.57. The summed E-state index contributed by atoms with van der Waals surface area (Å²) in [5, 5.41) is 0. The standard InChI is InChI=1S/C10H24OSi/c1-6-8-12(11,9(3)4)10(5)7-2/h9-11H,6-8H2,1-5H3. The van der Waals surface area contributed by atoms with Gasteiger partial charge in [-0.3, -0.25) is 0 Å². The first-order valence-electron chi connectivity index (χ1n) is 5.21. The first-order chi connectivity index (χ1) is 5.49. The molecule has 2 unspecified atom stereocenters. The summed E-state index contributed by atoms with van der Waals surface area (Å²) in [5.74, 6) is 0. The molecule has 2 heteroatoms. The Kier molecular flexibility index (Phi) is 5.10. The lowest BCUT2D eigenvalue weighted by atomic mass is 10.4. The summed E-state index contributed by atoms with van der Waals surface area (Å²) in [5.41, 5.74) is 1.06. The summed E-state index contributed by atoms with van der Waals surface area (Å²) in [6, 6.07) is 1.07. The van der Waals surface area contributed by atoms with Crippen LogP contribution in [0, 0.1) is 0 Å². The first kappa shape index (κ1) is 12.2. The third-order valence-corrected chi connectivity index (χ3v) is 8.53. The second-order valence-corrected chi connectivity index (χ2v) is 8.83. The van der Waals surface area contributed by atoms with E-state index in [4.69, 9.17) is 0 Å². The Hall–Kier alpha value is 0.177. The molecule has 0 aliphatic rings. The predicted molar refractivity (Wildman–Crippen MR) is 57.9 cm³/mol. The van der Waals surface area contributed by atoms with Gasteiger partial charge in [0.2, 0.25) is 0 Å². The molecule has 12 heavy (non-hydrogen) atoms.